The first-order valence-electron chi connectivity index (χ1n) is 9.10. The molecule has 2 aromatic heterocycles. The molecule has 6 nitrogen and oxygen atoms in total. The van der Waals surface area contributed by atoms with Gasteiger partial charge in [-0.05, 0) is 54.3 Å². The molecule has 0 atom stereocenters. The molecule has 2 heterocycles. The Hall–Kier alpha value is -3.48. The Balaban J connectivity index is 1.52. The van der Waals surface area contributed by atoms with Crippen LogP contribution in [-0.4, -0.2) is 15.9 Å². The van der Waals surface area contributed by atoms with Gasteiger partial charge in [-0.25, -0.2) is 14.4 Å². The fraction of sp³-hybridized carbons (Fsp3) is 0.190. The Bertz CT molecular complexity index is 1000. The summed E-state index contributed by atoms with van der Waals surface area (Å²) in [7, 11) is 0. The van der Waals surface area contributed by atoms with E-state index in [1.165, 1.54) is 12.1 Å². The monoisotopic (exact) mass is 377 g/mol. The molecule has 3 aromatic rings. The van der Waals surface area contributed by atoms with Gasteiger partial charge in [0.1, 0.15) is 17.5 Å². The minimum Gasteiger partial charge on any atom is -0.382 e. The normalized spacial score (nSPS) is 13.2. The van der Waals surface area contributed by atoms with Crippen molar-refractivity contribution in [2.45, 2.75) is 19.4 Å². The Morgan fingerprint density at radius 2 is 1.86 bits per heavy atom. The Morgan fingerprint density at radius 3 is 2.61 bits per heavy atom. The average molecular weight is 377 g/mol. The second kappa shape index (κ2) is 7.64. The van der Waals surface area contributed by atoms with Gasteiger partial charge in [0.05, 0.1) is 5.69 Å². The first-order chi connectivity index (χ1) is 13.6. The number of pyridine rings is 2. The largest absolute Gasteiger partial charge is 0.382 e. The summed E-state index contributed by atoms with van der Waals surface area (Å²) in [6.45, 7) is 0.471. The molecule has 0 aliphatic heterocycles. The summed E-state index contributed by atoms with van der Waals surface area (Å²) >= 11 is 0. The fourth-order valence-electron chi connectivity index (χ4n) is 2.95. The molecule has 1 aliphatic carbocycles. The number of hydrogen-bond acceptors (Lipinski definition) is 5. The molecule has 28 heavy (non-hydrogen) atoms. The number of rotatable bonds is 6. The number of benzene rings is 1. The highest BCUT2D eigenvalue weighted by Crippen LogP contribution is 2.32. The van der Waals surface area contributed by atoms with E-state index in [0.29, 0.717) is 23.9 Å². The molecule has 1 fully saturated rings. The predicted molar refractivity (Wildman–Crippen MR) is 107 cm³/mol. The fourth-order valence-corrected chi connectivity index (χ4v) is 2.95. The molecular weight excluding hydrogens is 357 g/mol. The molecule has 1 aliphatic rings. The molecule has 1 aromatic carbocycles. The second-order valence-corrected chi connectivity index (χ2v) is 6.79. The quantitative estimate of drug-likeness (QED) is 0.607. The third-order valence-electron chi connectivity index (χ3n) is 4.63. The third kappa shape index (κ3) is 4.09. The van der Waals surface area contributed by atoms with E-state index in [2.05, 4.69) is 20.6 Å². The standard InChI is InChI=1S/C21H20FN5O/c22-16-5-3-14(4-6-16)17-8-10-25-20(23)19(17)26-12-13-7-9-24-18(11-13)27-21(28)15-1-2-15/h3-11,15,26H,1-2,12H2,(H2,23,25)(H,24,27,28). The lowest BCUT2D eigenvalue weighted by Crippen LogP contribution is -2.14. The molecule has 0 bridgehead atoms. The topological polar surface area (TPSA) is 92.9 Å². The number of carbonyl (C=O) groups is 1. The van der Waals surface area contributed by atoms with Gasteiger partial charge in [0, 0.05) is 30.4 Å². The maximum Gasteiger partial charge on any atom is 0.228 e. The van der Waals surface area contributed by atoms with Gasteiger partial charge >= 0.3 is 0 Å². The number of halogens is 1. The number of carbonyl (C=O) groups excluding carboxylic acids is 1. The van der Waals surface area contributed by atoms with Gasteiger partial charge in [0.25, 0.3) is 0 Å². The summed E-state index contributed by atoms with van der Waals surface area (Å²) in [5.41, 5.74) is 9.36. The molecule has 142 valence electrons. The van der Waals surface area contributed by atoms with E-state index < -0.39 is 0 Å². The van der Waals surface area contributed by atoms with Crippen molar-refractivity contribution in [3.05, 3.63) is 66.2 Å². The number of aromatic nitrogens is 2. The second-order valence-electron chi connectivity index (χ2n) is 6.79. The first kappa shape index (κ1) is 17.9. The van der Waals surface area contributed by atoms with Crippen molar-refractivity contribution < 1.29 is 9.18 Å². The van der Waals surface area contributed by atoms with Crippen LogP contribution >= 0.6 is 0 Å². The van der Waals surface area contributed by atoms with Crippen LogP contribution in [0.3, 0.4) is 0 Å². The summed E-state index contributed by atoms with van der Waals surface area (Å²) in [4.78, 5) is 20.3. The lowest BCUT2D eigenvalue weighted by molar-refractivity contribution is -0.117. The number of nitrogen functional groups attached to an aromatic ring is 1. The molecule has 0 saturated heterocycles. The summed E-state index contributed by atoms with van der Waals surface area (Å²) in [6, 6.07) is 11.8. The highest BCUT2D eigenvalue weighted by Gasteiger charge is 2.29. The van der Waals surface area contributed by atoms with E-state index in [4.69, 9.17) is 5.73 Å². The minimum absolute atomic E-state index is 0.0210. The summed E-state index contributed by atoms with van der Waals surface area (Å²) < 4.78 is 13.2. The Kier molecular flexibility index (Phi) is 4.89. The van der Waals surface area contributed by atoms with Gasteiger partial charge < -0.3 is 16.4 Å². The van der Waals surface area contributed by atoms with Crippen molar-refractivity contribution in [2.24, 2.45) is 5.92 Å². The van der Waals surface area contributed by atoms with Crippen LogP contribution in [0.1, 0.15) is 18.4 Å². The smallest absolute Gasteiger partial charge is 0.228 e. The zero-order chi connectivity index (χ0) is 19.5. The lowest BCUT2D eigenvalue weighted by Gasteiger charge is -2.14. The molecule has 4 rings (SSSR count). The van der Waals surface area contributed by atoms with E-state index in [0.717, 1.165) is 29.5 Å². The minimum atomic E-state index is -0.294. The SMILES string of the molecule is Nc1nccc(-c2ccc(F)cc2)c1NCc1ccnc(NC(=O)C2CC2)c1. The number of hydrogen-bond donors (Lipinski definition) is 3. The summed E-state index contributed by atoms with van der Waals surface area (Å²) in [6.07, 6.45) is 5.17. The number of nitrogens with two attached hydrogens (primary N) is 1. The van der Waals surface area contributed by atoms with Crippen molar-refractivity contribution >= 4 is 23.2 Å². The van der Waals surface area contributed by atoms with E-state index in [-0.39, 0.29) is 17.6 Å². The van der Waals surface area contributed by atoms with Crippen molar-refractivity contribution in [3.8, 4) is 11.1 Å². The number of nitrogens with one attached hydrogen (secondary N) is 2. The highest BCUT2D eigenvalue weighted by molar-refractivity contribution is 5.93. The summed E-state index contributed by atoms with van der Waals surface area (Å²) in [5, 5.41) is 6.15. The summed E-state index contributed by atoms with van der Waals surface area (Å²) in [5.74, 6) is 0.745. The van der Waals surface area contributed by atoms with E-state index in [9.17, 15) is 9.18 Å². The molecule has 1 saturated carbocycles. The van der Waals surface area contributed by atoms with Crippen LogP contribution in [0.4, 0.5) is 21.7 Å². The lowest BCUT2D eigenvalue weighted by atomic mass is 10.0. The molecule has 0 spiro atoms. The van der Waals surface area contributed by atoms with Gasteiger partial charge in [-0.2, -0.15) is 0 Å². The number of amides is 1. The molecule has 0 unspecified atom stereocenters. The van der Waals surface area contributed by atoms with E-state index in [1.807, 2.05) is 18.2 Å². The maximum absolute atomic E-state index is 13.2. The molecule has 7 heteroatoms. The van der Waals surface area contributed by atoms with Crippen molar-refractivity contribution in [3.63, 3.8) is 0 Å². The molecule has 4 N–H and O–H groups in total. The van der Waals surface area contributed by atoms with Crippen LogP contribution in [0.5, 0.6) is 0 Å². The van der Waals surface area contributed by atoms with Gasteiger partial charge in [-0.1, -0.05) is 12.1 Å². The Labute approximate surface area is 162 Å². The van der Waals surface area contributed by atoms with Gasteiger partial charge in [0.15, 0.2) is 0 Å². The van der Waals surface area contributed by atoms with Crippen molar-refractivity contribution in [1.82, 2.24) is 9.97 Å². The zero-order valence-electron chi connectivity index (χ0n) is 15.2. The highest BCUT2D eigenvalue weighted by atomic mass is 19.1. The average Bonchev–Trinajstić information content (AvgIpc) is 3.53. The van der Waals surface area contributed by atoms with Crippen LogP contribution in [0.2, 0.25) is 0 Å². The first-order valence-corrected chi connectivity index (χ1v) is 9.10. The van der Waals surface area contributed by atoms with Crippen molar-refractivity contribution in [2.75, 3.05) is 16.4 Å². The van der Waals surface area contributed by atoms with Crippen LogP contribution in [0, 0.1) is 11.7 Å². The van der Waals surface area contributed by atoms with Crippen LogP contribution in [0.25, 0.3) is 11.1 Å². The van der Waals surface area contributed by atoms with Gasteiger partial charge in [0.2, 0.25) is 5.91 Å². The van der Waals surface area contributed by atoms with Crippen molar-refractivity contribution in [1.29, 1.82) is 0 Å². The molecule has 0 radical (unpaired) electrons. The van der Waals surface area contributed by atoms with Crippen LogP contribution in [-0.2, 0) is 11.3 Å². The molecular formula is C21H20FN5O. The predicted octanol–water partition coefficient (Wildman–Crippen LogP) is 3.83. The van der Waals surface area contributed by atoms with Gasteiger partial charge in [-0.3, -0.25) is 4.79 Å². The van der Waals surface area contributed by atoms with E-state index in [1.54, 1.807) is 24.5 Å². The van der Waals surface area contributed by atoms with Gasteiger partial charge in [-0.15, -0.1) is 0 Å². The number of anilines is 3. The van der Waals surface area contributed by atoms with Crippen LogP contribution in [0.15, 0.2) is 54.9 Å². The Morgan fingerprint density at radius 1 is 1.11 bits per heavy atom. The maximum atomic E-state index is 13.2. The van der Waals surface area contributed by atoms with Crippen LogP contribution < -0.4 is 16.4 Å². The zero-order valence-corrected chi connectivity index (χ0v) is 15.2. The molecule has 1 amide bonds. The van der Waals surface area contributed by atoms with E-state index >= 15 is 0 Å². The number of nitrogens with zero attached hydrogens (tertiary/aromatic N) is 2. The third-order valence-corrected chi connectivity index (χ3v) is 4.63.